The summed E-state index contributed by atoms with van der Waals surface area (Å²) in [6.07, 6.45) is -0.185. The van der Waals surface area contributed by atoms with Crippen LogP contribution in [-0.2, 0) is 26.0 Å². The lowest BCUT2D eigenvalue weighted by molar-refractivity contribution is -0.144. The zero-order valence-corrected chi connectivity index (χ0v) is 15.2. The van der Waals surface area contributed by atoms with Crippen LogP contribution in [0.1, 0.15) is 23.1 Å². The van der Waals surface area contributed by atoms with E-state index in [9.17, 15) is 13.2 Å². The Hall–Kier alpha value is -1.85. The van der Waals surface area contributed by atoms with E-state index in [1.807, 2.05) is 32.0 Å². The Morgan fingerprint density at radius 1 is 1.08 bits per heavy atom. The predicted molar refractivity (Wildman–Crippen MR) is 93.8 cm³/mol. The van der Waals surface area contributed by atoms with Crippen molar-refractivity contribution >= 4 is 27.4 Å². The van der Waals surface area contributed by atoms with E-state index in [1.165, 1.54) is 24.3 Å². The minimum absolute atomic E-state index is 0.146. The molecule has 6 heteroatoms. The van der Waals surface area contributed by atoms with Gasteiger partial charge in [0, 0.05) is 5.02 Å². The highest BCUT2D eigenvalue weighted by atomic mass is 35.5. The summed E-state index contributed by atoms with van der Waals surface area (Å²) in [5.74, 6) is -0.825. The Bertz CT molecular complexity index is 827. The van der Waals surface area contributed by atoms with Gasteiger partial charge in [-0.2, -0.15) is 0 Å². The molecule has 2 aromatic carbocycles. The van der Waals surface area contributed by atoms with Gasteiger partial charge in [-0.15, -0.1) is 0 Å². The molecule has 0 N–H and O–H groups in total. The molecular formula is C18H19ClO4S. The van der Waals surface area contributed by atoms with Crippen LogP contribution >= 0.6 is 11.6 Å². The normalized spacial score (nSPS) is 11.3. The summed E-state index contributed by atoms with van der Waals surface area (Å²) >= 11 is 5.74. The molecule has 128 valence electrons. The van der Waals surface area contributed by atoms with Crippen LogP contribution in [0.25, 0.3) is 0 Å². The van der Waals surface area contributed by atoms with Gasteiger partial charge in [0.05, 0.1) is 17.1 Å². The summed E-state index contributed by atoms with van der Waals surface area (Å²) in [7, 11) is -3.53. The van der Waals surface area contributed by atoms with E-state index in [2.05, 4.69) is 0 Å². The first-order valence-corrected chi connectivity index (χ1v) is 9.51. The lowest BCUT2D eigenvalue weighted by atomic mass is 10.1. The van der Waals surface area contributed by atoms with Gasteiger partial charge in [-0.3, -0.25) is 4.79 Å². The number of carbonyl (C=O) groups excluding carboxylic acids is 1. The number of sulfone groups is 1. The molecule has 0 heterocycles. The molecule has 2 rings (SSSR count). The van der Waals surface area contributed by atoms with E-state index in [0.717, 1.165) is 16.7 Å². The largest absolute Gasteiger partial charge is 0.461 e. The summed E-state index contributed by atoms with van der Waals surface area (Å²) in [4.78, 5) is 12.0. The number of esters is 1. The lowest BCUT2D eigenvalue weighted by Crippen LogP contribution is -2.13. The molecule has 0 fully saturated rings. The number of carbonyl (C=O) groups is 1. The third-order valence-electron chi connectivity index (χ3n) is 3.64. The van der Waals surface area contributed by atoms with Crippen molar-refractivity contribution in [3.8, 4) is 0 Å². The van der Waals surface area contributed by atoms with Crippen LogP contribution in [0, 0.1) is 13.8 Å². The van der Waals surface area contributed by atoms with Crippen LogP contribution in [0.15, 0.2) is 47.4 Å². The molecule has 0 atom stereocenters. The van der Waals surface area contributed by atoms with Gasteiger partial charge in [0.15, 0.2) is 9.84 Å². The van der Waals surface area contributed by atoms with Gasteiger partial charge in [0.2, 0.25) is 0 Å². The van der Waals surface area contributed by atoms with Crippen molar-refractivity contribution in [3.63, 3.8) is 0 Å². The monoisotopic (exact) mass is 366 g/mol. The maximum Gasteiger partial charge on any atom is 0.307 e. The van der Waals surface area contributed by atoms with Crippen molar-refractivity contribution in [2.24, 2.45) is 0 Å². The van der Waals surface area contributed by atoms with E-state index in [0.29, 0.717) is 5.02 Å². The molecule has 0 aliphatic carbocycles. The van der Waals surface area contributed by atoms with Crippen LogP contribution in [0.5, 0.6) is 0 Å². The Kier molecular flexibility index (Phi) is 6.02. The number of hydrogen-bond donors (Lipinski definition) is 0. The smallest absolute Gasteiger partial charge is 0.307 e. The lowest BCUT2D eigenvalue weighted by Gasteiger charge is -2.09. The highest BCUT2D eigenvalue weighted by molar-refractivity contribution is 7.91. The Labute approximate surface area is 147 Å². The zero-order chi connectivity index (χ0) is 17.7. The molecule has 0 amide bonds. The average Bonchev–Trinajstić information content (AvgIpc) is 2.54. The second kappa shape index (κ2) is 7.81. The average molecular weight is 367 g/mol. The first-order chi connectivity index (χ1) is 11.3. The second-order valence-corrected chi connectivity index (χ2v) is 8.16. The van der Waals surface area contributed by atoms with Gasteiger partial charge in [-0.1, -0.05) is 35.4 Å². The van der Waals surface area contributed by atoms with Crippen LogP contribution in [0.4, 0.5) is 0 Å². The van der Waals surface area contributed by atoms with Gasteiger partial charge < -0.3 is 4.74 Å². The molecule has 4 nitrogen and oxygen atoms in total. The first-order valence-electron chi connectivity index (χ1n) is 7.48. The van der Waals surface area contributed by atoms with Crippen molar-refractivity contribution in [2.45, 2.75) is 31.8 Å². The van der Waals surface area contributed by atoms with Crippen molar-refractivity contribution in [3.05, 3.63) is 64.2 Å². The van der Waals surface area contributed by atoms with Gasteiger partial charge in [-0.25, -0.2) is 8.42 Å². The number of benzene rings is 2. The molecule has 0 unspecified atom stereocenters. The molecule has 0 radical (unpaired) electrons. The van der Waals surface area contributed by atoms with E-state index in [1.54, 1.807) is 0 Å². The molecule has 0 aromatic heterocycles. The van der Waals surface area contributed by atoms with Crippen molar-refractivity contribution in [1.82, 2.24) is 0 Å². The molecule has 0 bridgehead atoms. The molecule has 0 aliphatic rings. The number of rotatable bonds is 6. The Morgan fingerprint density at radius 2 is 1.75 bits per heavy atom. The predicted octanol–water partition coefficient (Wildman–Crippen LogP) is 3.86. The molecule has 0 saturated heterocycles. The van der Waals surface area contributed by atoms with E-state index in [4.69, 9.17) is 16.3 Å². The molecule has 0 spiro atoms. The third kappa shape index (κ3) is 5.08. The van der Waals surface area contributed by atoms with E-state index >= 15 is 0 Å². The fraction of sp³-hybridized carbons (Fsp3) is 0.278. The van der Waals surface area contributed by atoms with Crippen LogP contribution < -0.4 is 0 Å². The highest BCUT2D eigenvalue weighted by Gasteiger charge is 2.17. The first kappa shape index (κ1) is 18.5. The summed E-state index contributed by atoms with van der Waals surface area (Å²) in [6.45, 7) is 4.05. The number of halogens is 1. The summed E-state index contributed by atoms with van der Waals surface area (Å²) < 4.78 is 29.5. The topological polar surface area (TPSA) is 60.4 Å². The highest BCUT2D eigenvalue weighted by Crippen LogP contribution is 2.17. The summed E-state index contributed by atoms with van der Waals surface area (Å²) in [5.41, 5.74) is 3.03. The second-order valence-electron chi connectivity index (χ2n) is 5.61. The minimum Gasteiger partial charge on any atom is -0.461 e. The van der Waals surface area contributed by atoms with Gasteiger partial charge >= 0.3 is 5.97 Å². The standard InChI is InChI=1S/C18H19ClO4S/c1-13-3-4-14(2)15(11-13)12-23-18(20)9-10-24(21,22)17-7-5-16(19)6-8-17/h3-8,11H,9-10,12H2,1-2H3. The quantitative estimate of drug-likeness (QED) is 0.728. The Morgan fingerprint density at radius 3 is 2.42 bits per heavy atom. The molecule has 0 aliphatic heterocycles. The van der Waals surface area contributed by atoms with Crippen LogP contribution in [-0.4, -0.2) is 20.1 Å². The van der Waals surface area contributed by atoms with Crippen molar-refractivity contribution in [1.29, 1.82) is 0 Å². The SMILES string of the molecule is Cc1ccc(C)c(COC(=O)CCS(=O)(=O)c2ccc(Cl)cc2)c1. The summed E-state index contributed by atoms with van der Waals surface area (Å²) in [5, 5.41) is 0.460. The molecule has 24 heavy (non-hydrogen) atoms. The minimum atomic E-state index is -3.53. The van der Waals surface area contributed by atoms with Gasteiger partial charge in [0.25, 0.3) is 0 Å². The van der Waals surface area contributed by atoms with E-state index in [-0.39, 0.29) is 23.7 Å². The van der Waals surface area contributed by atoms with Crippen LogP contribution in [0.2, 0.25) is 5.02 Å². The van der Waals surface area contributed by atoms with Crippen LogP contribution in [0.3, 0.4) is 0 Å². The summed E-state index contributed by atoms with van der Waals surface area (Å²) in [6, 6.07) is 11.8. The van der Waals surface area contributed by atoms with Gasteiger partial charge in [-0.05, 0) is 49.2 Å². The van der Waals surface area contributed by atoms with E-state index < -0.39 is 15.8 Å². The Balaban J connectivity index is 1.91. The van der Waals surface area contributed by atoms with Crippen molar-refractivity contribution < 1.29 is 17.9 Å². The maximum absolute atomic E-state index is 12.2. The molecule has 0 saturated carbocycles. The zero-order valence-electron chi connectivity index (χ0n) is 13.6. The van der Waals surface area contributed by atoms with Gasteiger partial charge in [0.1, 0.15) is 6.61 Å². The molecular weight excluding hydrogens is 348 g/mol. The number of aryl methyl sites for hydroxylation is 2. The fourth-order valence-electron chi connectivity index (χ4n) is 2.16. The maximum atomic E-state index is 12.2. The molecule has 2 aromatic rings. The fourth-order valence-corrected chi connectivity index (χ4v) is 3.51. The number of hydrogen-bond acceptors (Lipinski definition) is 4. The number of ether oxygens (including phenoxy) is 1. The van der Waals surface area contributed by atoms with Crippen molar-refractivity contribution in [2.75, 3.05) is 5.75 Å². The third-order valence-corrected chi connectivity index (χ3v) is 5.62.